The lowest BCUT2D eigenvalue weighted by Gasteiger charge is -2.59. The molecule has 4 fully saturated rings. The van der Waals surface area contributed by atoms with E-state index in [-0.39, 0.29) is 52.7 Å². The Morgan fingerprint density at radius 1 is 1.09 bits per heavy atom. The molecule has 2 aliphatic carbocycles. The first kappa shape index (κ1) is 28.7. The number of nitrogens with zero attached hydrogens (tertiary/aromatic N) is 3. The van der Waals surface area contributed by atoms with Crippen LogP contribution in [0.4, 0.5) is 4.39 Å². The smallest absolute Gasteiger partial charge is 0.274 e. The van der Waals surface area contributed by atoms with Crippen molar-refractivity contribution in [1.82, 2.24) is 25.5 Å². The van der Waals surface area contributed by atoms with Gasteiger partial charge >= 0.3 is 0 Å². The lowest BCUT2D eigenvalue weighted by molar-refractivity contribution is -0.167. The average Bonchev–Trinajstić information content (AvgIpc) is 3.48. The van der Waals surface area contributed by atoms with Crippen molar-refractivity contribution in [2.45, 2.75) is 57.1 Å². The zero-order chi connectivity index (χ0) is 30.3. The molecule has 9 nitrogen and oxygen atoms in total. The van der Waals surface area contributed by atoms with Gasteiger partial charge in [-0.1, -0.05) is 12.1 Å². The van der Waals surface area contributed by atoms with E-state index in [1.165, 1.54) is 12.1 Å². The van der Waals surface area contributed by atoms with Gasteiger partial charge in [-0.2, -0.15) is 0 Å². The van der Waals surface area contributed by atoms with Gasteiger partial charge in [-0.05, 0) is 93.5 Å². The predicted molar refractivity (Wildman–Crippen MR) is 162 cm³/mol. The van der Waals surface area contributed by atoms with Crippen LogP contribution in [0.1, 0.15) is 61.0 Å². The van der Waals surface area contributed by atoms with Crippen molar-refractivity contribution in [3.63, 3.8) is 0 Å². The Bertz CT molecular complexity index is 1530. The minimum Gasteiger partial charge on any atom is -0.488 e. The molecule has 44 heavy (non-hydrogen) atoms. The maximum Gasteiger partial charge on any atom is 0.274 e. The number of halogens is 1. The molecular formula is C34H38FN5O4. The number of nitrogens with one attached hydrogen (secondary N) is 2. The second kappa shape index (κ2) is 11.8. The van der Waals surface area contributed by atoms with Crippen molar-refractivity contribution in [3.05, 3.63) is 71.8 Å². The Morgan fingerprint density at radius 2 is 1.91 bits per heavy atom. The summed E-state index contributed by atoms with van der Waals surface area (Å²) >= 11 is 0. The second-order valence-electron chi connectivity index (χ2n) is 12.7. The van der Waals surface area contributed by atoms with E-state index in [4.69, 9.17) is 14.5 Å². The van der Waals surface area contributed by atoms with Crippen molar-refractivity contribution in [2.75, 3.05) is 32.8 Å². The number of carbonyl (C=O) groups is 2. The van der Waals surface area contributed by atoms with Gasteiger partial charge in [-0.15, -0.1) is 0 Å². The summed E-state index contributed by atoms with van der Waals surface area (Å²) in [7, 11) is 0. The largest absolute Gasteiger partial charge is 0.488 e. The molecule has 3 unspecified atom stereocenters. The Labute approximate surface area is 256 Å². The van der Waals surface area contributed by atoms with Gasteiger partial charge in [0.1, 0.15) is 11.9 Å². The number of hydrogen-bond donors (Lipinski definition) is 2. The maximum absolute atomic E-state index is 13.5. The predicted octanol–water partition coefficient (Wildman–Crippen LogP) is 4.34. The minimum atomic E-state index is -0.261. The van der Waals surface area contributed by atoms with Crippen molar-refractivity contribution in [1.29, 1.82) is 0 Å². The van der Waals surface area contributed by atoms with E-state index in [0.717, 1.165) is 63.8 Å². The summed E-state index contributed by atoms with van der Waals surface area (Å²) < 4.78 is 25.5. The van der Waals surface area contributed by atoms with Crippen LogP contribution in [-0.2, 0) is 4.79 Å². The molecule has 1 spiro atoms. The number of aromatic nitrogens is 2. The van der Waals surface area contributed by atoms with Crippen molar-refractivity contribution >= 4 is 11.8 Å². The molecule has 2 saturated carbocycles. The van der Waals surface area contributed by atoms with Crippen LogP contribution in [0.2, 0.25) is 0 Å². The van der Waals surface area contributed by atoms with Crippen LogP contribution in [0.15, 0.2) is 54.7 Å². The molecule has 10 heteroatoms. The standard InChI is InChI=1S/C34H38FN5O4/c1-2-43-32-27(4-3-14-37-32)28-11-12-29(30(39-28)31(41)38-23-13-15-36-18-23)44-24-16-34(17-24)19-40(20-34)33(42)26-10-9-25(26)21-5-7-22(35)8-6-21/h3-8,11-12,14,23-26,36H,2,9-10,13,15-20H2,1H3,(H,38,41). The van der Waals surface area contributed by atoms with E-state index in [0.29, 0.717) is 29.5 Å². The number of pyridine rings is 2. The molecule has 230 valence electrons. The number of rotatable bonds is 9. The molecule has 2 N–H and O–H groups in total. The molecule has 2 saturated heterocycles. The van der Waals surface area contributed by atoms with E-state index in [2.05, 4.69) is 15.6 Å². The van der Waals surface area contributed by atoms with Crippen LogP contribution < -0.4 is 20.1 Å². The number of ether oxygens (including phenoxy) is 2. The van der Waals surface area contributed by atoms with Gasteiger partial charge in [0, 0.05) is 43.2 Å². The number of hydrogen-bond acceptors (Lipinski definition) is 7. The zero-order valence-corrected chi connectivity index (χ0v) is 24.9. The normalized spacial score (nSPS) is 23.8. The van der Waals surface area contributed by atoms with Crippen molar-refractivity contribution in [2.24, 2.45) is 11.3 Å². The molecular weight excluding hydrogens is 561 g/mol. The Morgan fingerprint density at radius 3 is 2.61 bits per heavy atom. The number of likely N-dealkylation sites (tertiary alicyclic amines) is 1. The molecule has 3 atom stereocenters. The summed E-state index contributed by atoms with van der Waals surface area (Å²) in [5.74, 6) is 0.783. The number of carbonyl (C=O) groups excluding carboxylic acids is 2. The third kappa shape index (κ3) is 5.51. The first-order chi connectivity index (χ1) is 21.4. The first-order valence-electron chi connectivity index (χ1n) is 15.7. The summed E-state index contributed by atoms with van der Waals surface area (Å²) in [6.07, 6.45) is 5.99. The number of benzene rings is 1. The SMILES string of the molecule is CCOc1ncccc1-c1ccc(OC2CC3(C2)CN(C(=O)C2CCC2c2ccc(F)cc2)C3)c(C(=O)NC2CCNC2)n1. The molecule has 2 aromatic heterocycles. The fourth-order valence-electron chi connectivity index (χ4n) is 7.21. The van der Waals surface area contributed by atoms with Crippen LogP contribution in [0, 0.1) is 17.2 Å². The molecule has 0 bridgehead atoms. The van der Waals surface area contributed by atoms with E-state index < -0.39 is 0 Å². The lowest BCUT2D eigenvalue weighted by Crippen LogP contribution is -2.67. The van der Waals surface area contributed by atoms with Crippen LogP contribution in [0.5, 0.6) is 11.6 Å². The molecule has 0 radical (unpaired) electrons. The van der Waals surface area contributed by atoms with Gasteiger partial charge < -0.3 is 25.0 Å². The van der Waals surface area contributed by atoms with Gasteiger partial charge in [0.05, 0.1) is 17.9 Å². The van der Waals surface area contributed by atoms with Gasteiger partial charge in [0.15, 0.2) is 11.4 Å². The molecule has 1 aromatic carbocycles. The first-order valence-corrected chi connectivity index (χ1v) is 15.7. The summed E-state index contributed by atoms with van der Waals surface area (Å²) in [5.41, 5.74) is 2.68. The van der Waals surface area contributed by atoms with Crippen molar-refractivity contribution in [3.8, 4) is 22.9 Å². The Balaban J connectivity index is 1.00. The third-order valence-corrected chi connectivity index (χ3v) is 9.67. The molecule has 3 aromatic rings. The second-order valence-corrected chi connectivity index (χ2v) is 12.7. The quantitative estimate of drug-likeness (QED) is 0.377. The Kier molecular flexibility index (Phi) is 7.70. The Hall–Kier alpha value is -4.05. The fourth-order valence-corrected chi connectivity index (χ4v) is 7.21. The van der Waals surface area contributed by atoms with Gasteiger partial charge in [-0.25, -0.2) is 14.4 Å². The maximum atomic E-state index is 13.5. The summed E-state index contributed by atoms with van der Waals surface area (Å²) in [4.78, 5) is 37.8. The van der Waals surface area contributed by atoms with Crippen molar-refractivity contribution < 1.29 is 23.5 Å². The highest BCUT2D eigenvalue weighted by Gasteiger charge is 2.56. The topological polar surface area (TPSA) is 106 Å². The highest BCUT2D eigenvalue weighted by atomic mass is 19.1. The van der Waals surface area contributed by atoms with Crippen LogP contribution >= 0.6 is 0 Å². The minimum absolute atomic E-state index is 0.0197. The van der Waals surface area contributed by atoms with Crippen LogP contribution in [-0.4, -0.2) is 71.6 Å². The van der Waals surface area contributed by atoms with Gasteiger partial charge in [0.25, 0.3) is 5.91 Å². The summed E-state index contributed by atoms with van der Waals surface area (Å²) in [6, 6.07) is 14.0. The van der Waals surface area contributed by atoms with Gasteiger partial charge in [-0.3, -0.25) is 9.59 Å². The zero-order valence-electron chi connectivity index (χ0n) is 24.9. The molecule has 2 amide bonds. The van der Waals surface area contributed by atoms with E-state index in [1.807, 2.05) is 36.1 Å². The summed E-state index contributed by atoms with van der Waals surface area (Å²) in [5, 5.41) is 6.39. The average molecular weight is 600 g/mol. The fraction of sp³-hybridized carbons (Fsp3) is 0.471. The van der Waals surface area contributed by atoms with E-state index in [1.54, 1.807) is 18.3 Å². The summed E-state index contributed by atoms with van der Waals surface area (Å²) in [6.45, 7) is 5.43. The van der Waals surface area contributed by atoms with Crippen LogP contribution in [0.3, 0.4) is 0 Å². The highest BCUT2D eigenvalue weighted by Crippen LogP contribution is 2.52. The lowest BCUT2D eigenvalue weighted by atomic mass is 9.60. The third-order valence-electron chi connectivity index (χ3n) is 9.67. The van der Waals surface area contributed by atoms with E-state index in [9.17, 15) is 14.0 Å². The molecule has 2 aliphatic heterocycles. The molecule has 7 rings (SSSR count). The van der Waals surface area contributed by atoms with Crippen LogP contribution in [0.25, 0.3) is 11.3 Å². The monoisotopic (exact) mass is 599 g/mol. The van der Waals surface area contributed by atoms with E-state index >= 15 is 0 Å². The van der Waals surface area contributed by atoms with Gasteiger partial charge in [0.2, 0.25) is 11.8 Å². The highest BCUT2D eigenvalue weighted by molar-refractivity contribution is 5.96. The number of amides is 2. The molecule has 4 heterocycles. The molecule has 4 aliphatic rings.